The molecule has 0 aliphatic carbocycles. The van der Waals surface area contributed by atoms with Crippen LogP contribution in [0.15, 0.2) is 24.5 Å². The fourth-order valence-corrected chi connectivity index (χ4v) is 4.78. The second-order valence-electron chi connectivity index (χ2n) is 8.79. The Morgan fingerprint density at radius 2 is 1.87 bits per heavy atom. The van der Waals surface area contributed by atoms with Gasteiger partial charge in [-0.05, 0) is 37.3 Å². The molecule has 162 valence electrons. The molecule has 1 N–H and O–H groups in total. The van der Waals surface area contributed by atoms with E-state index in [4.69, 9.17) is 0 Å². The largest absolute Gasteiger partial charge is 0.390 e. The molecule has 3 heterocycles. The first-order chi connectivity index (χ1) is 14.3. The minimum atomic E-state index is -2.61. The minimum absolute atomic E-state index is 0.107. The van der Waals surface area contributed by atoms with Crippen molar-refractivity contribution in [3.63, 3.8) is 0 Å². The van der Waals surface area contributed by atoms with Crippen molar-refractivity contribution < 1.29 is 18.7 Å². The number of aliphatic hydroxyl groups excluding tert-OH is 1. The number of aliphatic hydroxyl groups is 1. The molecule has 30 heavy (non-hydrogen) atoms. The number of likely N-dealkylation sites (tertiary alicyclic amines) is 1. The van der Waals surface area contributed by atoms with Crippen LogP contribution in [0, 0.1) is 11.8 Å². The van der Waals surface area contributed by atoms with E-state index in [9.17, 15) is 18.7 Å². The summed E-state index contributed by atoms with van der Waals surface area (Å²) in [5, 5.41) is 9.49. The number of aromatic nitrogens is 2. The van der Waals surface area contributed by atoms with Gasteiger partial charge < -0.3 is 10.0 Å². The van der Waals surface area contributed by atoms with Gasteiger partial charge in [-0.25, -0.2) is 8.78 Å². The van der Waals surface area contributed by atoms with Gasteiger partial charge in [-0.1, -0.05) is 6.92 Å². The van der Waals surface area contributed by atoms with Crippen LogP contribution in [0.1, 0.15) is 38.7 Å². The van der Waals surface area contributed by atoms with Gasteiger partial charge in [0.05, 0.1) is 23.3 Å². The van der Waals surface area contributed by atoms with Crippen LogP contribution in [0.3, 0.4) is 0 Å². The normalized spacial score (nSPS) is 24.3. The van der Waals surface area contributed by atoms with Crippen molar-refractivity contribution >= 4 is 22.5 Å². The van der Waals surface area contributed by atoms with E-state index in [2.05, 4.69) is 21.8 Å². The summed E-state index contributed by atoms with van der Waals surface area (Å²) < 4.78 is 26.8. The van der Waals surface area contributed by atoms with Crippen molar-refractivity contribution in [2.75, 3.05) is 31.1 Å². The van der Waals surface area contributed by atoms with Crippen LogP contribution in [-0.4, -0.2) is 64.1 Å². The van der Waals surface area contributed by atoms with Gasteiger partial charge in [0.15, 0.2) is 0 Å². The van der Waals surface area contributed by atoms with Gasteiger partial charge in [-0.3, -0.25) is 19.7 Å². The van der Waals surface area contributed by atoms with Gasteiger partial charge in [0.1, 0.15) is 11.3 Å². The van der Waals surface area contributed by atoms with Gasteiger partial charge in [-0.15, -0.1) is 0 Å². The second-order valence-corrected chi connectivity index (χ2v) is 8.79. The highest BCUT2D eigenvalue weighted by atomic mass is 19.3. The molecule has 8 heteroatoms. The van der Waals surface area contributed by atoms with Crippen LogP contribution in [0.5, 0.6) is 0 Å². The third kappa shape index (κ3) is 4.16. The number of ketones is 1. The number of piperidine rings is 1. The van der Waals surface area contributed by atoms with Gasteiger partial charge in [0.2, 0.25) is 0 Å². The van der Waals surface area contributed by atoms with Gasteiger partial charge in [0, 0.05) is 50.6 Å². The fourth-order valence-electron chi connectivity index (χ4n) is 4.78. The number of rotatable bonds is 6. The van der Waals surface area contributed by atoms with Crippen molar-refractivity contribution in [3.8, 4) is 0 Å². The first-order valence-corrected chi connectivity index (χ1v) is 10.5. The second kappa shape index (κ2) is 8.51. The quantitative estimate of drug-likeness (QED) is 0.778. The number of benzene rings is 1. The van der Waals surface area contributed by atoms with Gasteiger partial charge >= 0.3 is 0 Å². The number of carbonyl (C=O) groups excluding carboxylic acids is 1. The van der Waals surface area contributed by atoms with E-state index < -0.39 is 6.43 Å². The molecule has 2 saturated heterocycles. The van der Waals surface area contributed by atoms with Crippen LogP contribution in [0.4, 0.5) is 14.5 Å². The number of fused-ring (bicyclic) bond motifs is 1. The Bertz CT molecular complexity index is 919. The van der Waals surface area contributed by atoms with Crippen LogP contribution < -0.4 is 4.90 Å². The number of hydrogen-bond acceptors (Lipinski definition) is 6. The third-order valence-corrected chi connectivity index (χ3v) is 6.35. The molecule has 0 radical (unpaired) electrons. The minimum Gasteiger partial charge on any atom is -0.390 e. The molecule has 2 fully saturated rings. The lowest BCUT2D eigenvalue weighted by atomic mass is 9.85. The van der Waals surface area contributed by atoms with E-state index in [1.807, 2.05) is 11.8 Å². The third-order valence-electron chi connectivity index (χ3n) is 6.35. The predicted octanol–water partition coefficient (Wildman–Crippen LogP) is 3.05. The van der Waals surface area contributed by atoms with E-state index in [1.165, 1.54) is 18.5 Å². The number of anilines is 1. The van der Waals surface area contributed by atoms with E-state index in [1.54, 1.807) is 6.07 Å². The average Bonchev–Trinajstić information content (AvgIpc) is 2.69. The Balaban J connectivity index is 1.53. The lowest BCUT2D eigenvalue weighted by Gasteiger charge is -2.41. The zero-order chi connectivity index (χ0) is 21.4. The summed E-state index contributed by atoms with van der Waals surface area (Å²) in [7, 11) is 0. The standard InChI is InChI=1S/C22H28F2N4O2/c1-13-7-15(8-19(30)14(2)27-11-16(29)12-27)10-28(9-13)18-4-3-17(22(23)24)20-21(18)26-6-5-25-20/h3-6,13-16,22,29H,7-12H2,1-2H3/t13-,14?,15-/m0/s1. The van der Waals surface area contributed by atoms with Crippen molar-refractivity contribution in [2.45, 2.75) is 45.3 Å². The number of halogens is 2. The van der Waals surface area contributed by atoms with Crippen molar-refractivity contribution in [3.05, 3.63) is 30.1 Å². The van der Waals surface area contributed by atoms with E-state index in [-0.39, 0.29) is 34.9 Å². The maximum Gasteiger partial charge on any atom is 0.266 e. The topological polar surface area (TPSA) is 69.6 Å². The Morgan fingerprint density at radius 3 is 2.53 bits per heavy atom. The molecular formula is C22H28F2N4O2. The number of Topliss-reactive ketones (excluding diaryl/α,β-unsaturated/α-hetero) is 1. The SMILES string of the molecule is CC(C(=O)C[C@@H]1C[C@H](C)CN(c2ccc(C(F)F)c3nccnc23)C1)N1CC(O)C1. The fraction of sp³-hybridized carbons (Fsp3) is 0.591. The Labute approximate surface area is 174 Å². The molecule has 2 aromatic rings. The molecule has 0 amide bonds. The number of hydrogen-bond donors (Lipinski definition) is 1. The number of nitrogens with zero attached hydrogens (tertiary/aromatic N) is 4. The molecule has 2 aliphatic heterocycles. The number of alkyl halides is 2. The van der Waals surface area contributed by atoms with Crippen molar-refractivity contribution in [2.24, 2.45) is 11.8 Å². The summed E-state index contributed by atoms with van der Waals surface area (Å²) in [4.78, 5) is 25.5. The first-order valence-electron chi connectivity index (χ1n) is 10.5. The monoisotopic (exact) mass is 418 g/mol. The lowest BCUT2D eigenvalue weighted by Crippen LogP contribution is -2.57. The highest BCUT2D eigenvalue weighted by molar-refractivity contribution is 5.90. The van der Waals surface area contributed by atoms with Crippen molar-refractivity contribution in [1.29, 1.82) is 0 Å². The molecule has 1 aromatic carbocycles. The highest BCUT2D eigenvalue weighted by Crippen LogP contribution is 2.35. The van der Waals surface area contributed by atoms with Crippen LogP contribution in [-0.2, 0) is 4.79 Å². The molecule has 0 bridgehead atoms. The van der Waals surface area contributed by atoms with Crippen LogP contribution in [0.25, 0.3) is 11.0 Å². The first kappa shape index (κ1) is 21.1. The summed E-state index contributed by atoms with van der Waals surface area (Å²) >= 11 is 0. The van der Waals surface area contributed by atoms with E-state index in [0.29, 0.717) is 37.5 Å². The maximum atomic E-state index is 13.4. The maximum absolute atomic E-state index is 13.4. The van der Waals surface area contributed by atoms with Crippen LogP contribution >= 0.6 is 0 Å². The zero-order valence-corrected chi connectivity index (χ0v) is 17.3. The summed E-state index contributed by atoms with van der Waals surface area (Å²) in [5.41, 5.74) is 1.41. The molecule has 0 spiro atoms. The van der Waals surface area contributed by atoms with Crippen molar-refractivity contribution in [1.82, 2.24) is 14.9 Å². The zero-order valence-electron chi connectivity index (χ0n) is 17.3. The van der Waals surface area contributed by atoms with Crippen LogP contribution in [0.2, 0.25) is 0 Å². The summed E-state index contributed by atoms with van der Waals surface area (Å²) in [6.45, 7) is 6.65. The summed E-state index contributed by atoms with van der Waals surface area (Å²) in [6, 6.07) is 2.96. The summed E-state index contributed by atoms with van der Waals surface area (Å²) in [5.74, 6) is 0.759. The van der Waals surface area contributed by atoms with Gasteiger partial charge in [-0.2, -0.15) is 0 Å². The Morgan fingerprint density at radius 1 is 1.17 bits per heavy atom. The molecule has 2 aliphatic rings. The molecule has 3 atom stereocenters. The molecule has 6 nitrogen and oxygen atoms in total. The molecule has 1 unspecified atom stereocenters. The molecule has 1 aromatic heterocycles. The summed E-state index contributed by atoms with van der Waals surface area (Å²) in [6.07, 6.45) is 1.47. The molecule has 4 rings (SSSR count). The van der Waals surface area contributed by atoms with E-state index in [0.717, 1.165) is 18.7 Å². The lowest BCUT2D eigenvalue weighted by molar-refractivity contribution is -0.129. The molecule has 0 saturated carbocycles. The Hall–Kier alpha value is -2.19. The number of β-amino-alcohol motifs (C(OH)–C–C–N with tert-alkyl or cyclic N) is 1. The highest BCUT2D eigenvalue weighted by Gasteiger charge is 2.34. The Kier molecular flexibility index (Phi) is 5.97. The smallest absolute Gasteiger partial charge is 0.266 e. The predicted molar refractivity (Wildman–Crippen MR) is 111 cm³/mol. The number of carbonyl (C=O) groups is 1. The average molecular weight is 418 g/mol. The van der Waals surface area contributed by atoms with Gasteiger partial charge in [0.25, 0.3) is 6.43 Å². The van der Waals surface area contributed by atoms with E-state index >= 15 is 0 Å². The molecular weight excluding hydrogens is 390 g/mol.